The van der Waals surface area contributed by atoms with Gasteiger partial charge in [-0.3, -0.25) is 0 Å². The van der Waals surface area contributed by atoms with Crippen LogP contribution < -0.4 is 5.73 Å². The van der Waals surface area contributed by atoms with Crippen LogP contribution in [0, 0.1) is 11.8 Å². The van der Waals surface area contributed by atoms with E-state index in [4.69, 9.17) is 10.5 Å². The normalized spacial score (nSPS) is 10.1. The summed E-state index contributed by atoms with van der Waals surface area (Å²) in [6.07, 6.45) is 2.12. The number of ether oxygens (including phenoxy) is 1. The molecule has 1 aromatic carbocycles. The number of benzene rings is 1. The predicted molar refractivity (Wildman–Crippen MR) is 84.7 cm³/mol. The maximum absolute atomic E-state index is 5.70. The summed E-state index contributed by atoms with van der Waals surface area (Å²) in [5.41, 5.74) is 7.75. The van der Waals surface area contributed by atoms with Crippen LogP contribution in [0.2, 0.25) is 0 Å². The van der Waals surface area contributed by atoms with E-state index in [0.29, 0.717) is 13.2 Å². The maximum Gasteiger partial charge on any atom is 0.0809 e. The van der Waals surface area contributed by atoms with Crippen molar-refractivity contribution in [3.8, 4) is 11.8 Å². The van der Waals surface area contributed by atoms with Gasteiger partial charge in [0.25, 0.3) is 0 Å². The standard InChI is InChI=1S/C17H19NOS/c18-10-4-8-16-12-17(20-14-16)13-19-11-5-9-15-6-2-1-3-7-15/h1-3,6-7,12,14H,5,9-11,13,18H2. The number of rotatable bonds is 6. The summed E-state index contributed by atoms with van der Waals surface area (Å²) >= 11 is 1.69. The minimum atomic E-state index is 0.404. The zero-order valence-electron chi connectivity index (χ0n) is 11.5. The van der Waals surface area contributed by atoms with Gasteiger partial charge in [-0.2, -0.15) is 0 Å². The van der Waals surface area contributed by atoms with Crippen molar-refractivity contribution in [1.29, 1.82) is 0 Å². The maximum atomic E-state index is 5.70. The minimum absolute atomic E-state index is 0.404. The molecule has 0 unspecified atom stereocenters. The Hall–Kier alpha value is -1.60. The monoisotopic (exact) mass is 285 g/mol. The molecule has 104 valence electrons. The van der Waals surface area contributed by atoms with E-state index in [0.717, 1.165) is 25.0 Å². The average Bonchev–Trinajstić information content (AvgIpc) is 2.94. The Bertz CT molecular complexity index is 565. The molecule has 0 bridgehead atoms. The van der Waals surface area contributed by atoms with Gasteiger partial charge in [-0.15, -0.1) is 11.3 Å². The van der Waals surface area contributed by atoms with Crippen molar-refractivity contribution in [2.24, 2.45) is 5.73 Å². The fraction of sp³-hybridized carbons (Fsp3) is 0.294. The first-order valence-corrected chi connectivity index (χ1v) is 7.64. The first-order chi connectivity index (χ1) is 9.88. The van der Waals surface area contributed by atoms with Crippen LogP contribution in [0.5, 0.6) is 0 Å². The van der Waals surface area contributed by atoms with Crippen LogP contribution in [0.25, 0.3) is 0 Å². The third kappa shape index (κ3) is 5.18. The van der Waals surface area contributed by atoms with Crippen LogP contribution in [0.15, 0.2) is 41.8 Å². The van der Waals surface area contributed by atoms with Gasteiger partial charge in [0.2, 0.25) is 0 Å². The molecule has 2 rings (SSSR count). The van der Waals surface area contributed by atoms with Crippen LogP contribution in [0.4, 0.5) is 0 Å². The van der Waals surface area contributed by atoms with Gasteiger partial charge in [-0.25, -0.2) is 0 Å². The minimum Gasteiger partial charge on any atom is -0.376 e. The number of hydrogen-bond acceptors (Lipinski definition) is 3. The number of aryl methyl sites for hydroxylation is 1. The van der Waals surface area contributed by atoms with Gasteiger partial charge in [0.05, 0.1) is 13.2 Å². The smallest absolute Gasteiger partial charge is 0.0809 e. The molecule has 0 radical (unpaired) electrons. The van der Waals surface area contributed by atoms with Crippen LogP contribution in [0.3, 0.4) is 0 Å². The van der Waals surface area contributed by atoms with E-state index in [9.17, 15) is 0 Å². The van der Waals surface area contributed by atoms with Gasteiger partial charge >= 0.3 is 0 Å². The lowest BCUT2D eigenvalue weighted by molar-refractivity contribution is 0.121. The zero-order chi connectivity index (χ0) is 14.0. The largest absolute Gasteiger partial charge is 0.376 e. The molecule has 0 aliphatic carbocycles. The van der Waals surface area contributed by atoms with E-state index < -0.39 is 0 Å². The molecule has 1 heterocycles. The first kappa shape index (κ1) is 14.8. The molecule has 0 atom stereocenters. The van der Waals surface area contributed by atoms with Crippen molar-refractivity contribution in [1.82, 2.24) is 0 Å². The van der Waals surface area contributed by atoms with E-state index in [2.05, 4.69) is 42.2 Å². The summed E-state index contributed by atoms with van der Waals surface area (Å²) in [4.78, 5) is 1.21. The molecular formula is C17H19NOS. The molecule has 1 aromatic heterocycles. The Morgan fingerprint density at radius 2 is 2.05 bits per heavy atom. The first-order valence-electron chi connectivity index (χ1n) is 6.76. The SMILES string of the molecule is NCC#Cc1csc(COCCCc2ccccc2)c1. The molecule has 0 aliphatic heterocycles. The summed E-state index contributed by atoms with van der Waals surface area (Å²) in [6.45, 7) is 1.86. The van der Waals surface area contributed by atoms with Gasteiger partial charge in [0, 0.05) is 22.4 Å². The Balaban J connectivity index is 1.65. The Morgan fingerprint density at radius 3 is 2.85 bits per heavy atom. The third-order valence-corrected chi connectivity index (χ3v) is 3.74. The van der Waals surface area contributed by atoms with Crippen molar-refractivity contribution in [2.45, 2.75) is 19.4 Å². The molecule has 2 nitrogen and oxygen atoms in total. The summed E-state index contributed by atoms with van der Waals surface area (Å²) in [5.74, 6) is 5.88. The van der Waals surface area contributed by atoms with Crippen molar-refractivity contribution in [3.63, 3.8) is 0 Å². The van der Waals surface area contributed by atoms with E-state index in [1.165, 1.54) is 10.4 Å². The van der Waals surface area contributed by atoms with Gasteiger partial charge in [0.15, 0.2) is 0 Å². The third-order valence-electron chi connectivity index (χ3n) is 2.83. The van der Waals surface area contributed by atoms with Crippen molar-refractivity contribution in [2.75, 3.05) is 13.2 Å². The Morgan fingerprint density at radius 1 is 1.20 bits per heavy atom. The molecule has 0 aliphatic rings. The summed E-state index contributed by atoms with van der Waals surface area (Å²) in [6, 6.07) is 12.6. The van der Waals surface area contributed by atoms with Crippen LogP contribution in [0.1, 0.15) is 22.4 Å². The molecule has 0 saturated heterocycles. The fourth-order valence-corrected chi connectivity index (χ4v) is 2.62. The average molecular weight is 285 g/mol. The molecule has 2 aromatic rings. The lowest BCUT2D eigenvalue weighted by Gasteiger charge is -2.03. The van der Waals surface area contributed by atoms with E-state index in [1.54, 1.807) is 11.3 Å². The van der Waals surface area contributed by atoms with E-state index in [-0.39, 0.29) is 0 Å². The van der Waals surface area contributed by atoms with Gasteiger partial charge in [-0.1, -0.05) is 42.2 Å². The Labute approximate surface area is 124 Å². The lowest BCUT2D eigenvalue weighted by atomic mass is 10.1. The quantitative estimate of drug-likeness (QED) is 0.653. The van der Waals surface area contributed by atoms with Gasteiger partial charge in [0.1, 0.15) is 0 Å². The lowest BCUT2D eigenvalue weighted by Crippen LogP contribution is -1.96. The summed E-state index contributed by atoms with van der Waals surface area (Å²) < 4.78 is 5.70. The fourth-order valence-electron chi connectivity index (χ4n) is 1.87. The molecule has 3 heteroatoms. The molecule has 0 spiro atoms. The highest BCUT2D eigenvalue weighted by Crippen LogP contribution is 2.15. The second-order valence-electron chi connectivity index (χ2n) is 4.45. The molecular weight excluding hydrogens is 266 g/mol. The topological polar surface area (TPSA) is 35.2 Å². The predicted octanol–water partition coefficient (Wildman–Crippen LogP) is 3.21. The molecule has 0 saturated carbocycles. The van der Waals surface area contributed by atoms with Crippen molar-refractivity contribution < 1.29 is 4.74 Å². The molecule has 2 N–H and O–H groups in total. The van der Waals surface area contributed by atoms with Crippen molar-refractivity contribution >= 4 is 11.3 Å². The number of nitrogens with two attached hydrogens (primary N) is 1. The highest BCUT2D eigenvalue weighted by molar-refractivity contribution is 7.10. The van der Waals surface area contributed by atoms with E-state index >= 15 is 0 Å². The van der Waals surface area contributed by atoms with Crippen LogP contribution in [-0.4, -0.2) is 13.2 Å². The van der Waals surface area contributed by atoms with Crippen LogP contribution >= 0.6 is 11.3 Å². The molecule has 0 fully saturated rings. The number of thiophene rings is 1. The summed E-state index contributed by atoms with van der Waals surface area (Å²) in [7, 11) is 0. The summed E-state index contributed by atoms with van der Waals surface area (Å²) in [5, 5.41) is 2.05. The highest BCUT2D eigenvalue weighted by Gasteiger charge is 1.98. The van der Waals surface area contributed by atoms with Crippen molar-refractivity contribution in [3.05, 3.63) is 57.8 Å². The van der Waals surface area contributed by atoms with Gasteiger partial charge in [-0.05, 0) is 24.5 Å². The van der Waals surface area contributed by atoms with E-state index in [1.807, 2.05) is 11.4 Å². The van der Waals surface area contributed by atoms with Gasteiger partial charge < -0.3 is 10.5 Å². The molecule has 0 amide bonds. The zero-order valence-corrected chi connectivity index (χ0v) is 12.3. The van der Waals surface area contributed by atoms with Crippen LogP contribution in [-0.2, 0) is 17.8 Å². The molecule has 20 heavy (non-hydrogen) atoms. The second-order valence-corrected chi connectivity index (χ2v) is 5.45. The second kappa shape index (κ2) is 8.55. The Kier molecular flexibility index (Phi) is 6.33. The number of hydrogen-bond donors (Lipinski definition) is 1. The highest BCUT2D eigenvalue weighted by atomic mass is 32.1.